The lowest BCUT2D eigenvalue weighted by atomic mass is 9.99. The van der Waals surface area contributed by atoms with Crippen LogP contribution in [0.4, 0.5) is 16.3 Å². The fourth-order valence-corrected chi connectivity index (χ4v) is 4.34. The van der Waals surface area contributed by atoms with Crippen molar-refractivity contribution in [2.24, 2.45) is 5.92 Å². The van der Waals surface area contributed by atoms with Crippen LogP contribution in [0.15, 0.2) is 55.1 Å². The van der Waals surface area contributed by atoms with E-state index in [1.54, 1.807) is 0 Å². The molecule has 1 aromatic carbocycles. The van der Waals surface area contributed by atoms with Crippen molar-refractivity contribution >= 4 is 40.0 Å². The molecule has 0 aliphatic carbocycles. The quantitative estimate of drug-likeness (QED) is 0.377. The molecule has 0 saturated heterocycles. The third kappa shape index (κ3) is 5.30. The molecule has 0 spiro atoms. The molecule has 1 aliphatic rings. The van der Waals surface area contributed by atoms with Crippen LogP contribution in [0.1, 0.15) is 17.8 Å². The number of ether oxygens (including phenoxy) is 2. The largest absolute Gasteiger partial charge is 0.477 e. The molecule has 0 fully saturated rings. The van der Waals surface area contributed by atoms with Crippen LogP contribution < -0.4 is 15.4 Å². The van der Waals surface area contributed by atoms with E-state index >= 15 is 0 Å². The smallest absolute Gasteiger partial charge is 0.412 e. The number of aromatic nitrogens is 4. The Morgan fingerprint density at radius 1 is 1.17 bits per heavy atom. The number of hydrogen-bond donors (Lipinski definition) is 2. The molecule has 9 nitrogen and oxygen atoms in total. The van der Waals surface area contributed by atoms with Crippen LogP contribution in [0.3, 0.4) is 0 Å². The Bertz CT molecular complexity index is 1340. The summed E-state index contributed by atoms with van der Waals surface area (Å²) in [6.07, 6.45) is 8.63. The second-order valence-electron chi connectivity index (χ2n) is 8.40. The van der Waals surface area contributed by atoms with Gasteiger partial charge in [0.15, 0.2) is 0 Å². The van der Waals surface area contributed by atoms with Gasteiger partial charge in [0, 0.05) is 72.7 Å². The molecule has 35 heavy (non-hydrogen) atoms. The van der Waals surface area contributed by atoms with E-state index in [4.69, 9.17) is 16.3 Å². The zero-order chi connectivity index (χ0) is 24.2. The lowest BCUT2D eigenvalue weighted by Crippen LogP contribution is -2.24. The summed E-state index contributed by atoms with van der Waals surface area (Å²) < 4.78 is 12.8. The number of anilines is 2. The van der Waals surface area contributed by atoms with Crippen molar-refractivity contribution in [3.05, 3.63) is 71.5 Å². The topological polar surface area (TPSA) is 103 Å². The predicted molar refractivity (Wildman–Crippen MR) is 134 cm³/mol. The molecule has 4 heterocycles. The van der Waals surface area contributed by atoms with Crippen LogP contribution >= 0.6 is 11.6 Å². The van der Waals surface area contributed by atoms with Crippen molar-refractivity contribution in [1.82, 2.24) is 19.5 Å². The predicted octanol–water partition coefficient (Wildman–Crippen LogP) is 4.91. The van der Waals surface area contributed by atoms with Crippen molar-refractivity contribution in [3.63, 3.8) is 0 Å². The number of aryl methyl sites for hydroxylation is 1. The standard InChI is InChI=1S/C25H25ClN6O3/c1-34-25(33)31-24-19-4-3-18(11-20(19)21(26)14-30-24)28-12-17-2-5-23(29-13-17)35-15-16-6-8-32-9-7-27-22(32)10-16/h2-5,7,9,11,13-14,16,28H,6,8,10,12,15H2,1H3,(H,30,31,33). The summed E-state index contributed by atoms with van der Waals surface area (Å²) in [6.45, 7) is 2.21. The fourth-order valence-electron chi connectivity index (χ4n) is 4.13. The number of nitrogens with one attached hydrogen (secondary N) is 2. The zero-order valence-corrected chi connectivity index (χ0v) is 20.0. The molecule has 0 saturated carbocycles. The number of pyridine rings is 2. The van der Waals surface area contributed by atoms with Crippen molar-refractivity contribution in [2.45, 2.75) is 25.9 Å². The highest BCUT2D eigenvalue weighted by molar-refractivity contribution is 6.36. The molecule has 10 heteroatoms. The van der Waals surface area contributed by atoms with E-state index in [-0.39, 0.29) is 0 Å². The molecule has 4 aromatic rings. The van der Waals surface area contributed by atoms with Gasteiger partial charge in [0.2, 0.25) is 5.88 Å². The number of fused-ring (bicyclic) bond motifs is 2. The van der Waals surface area contributed by atoms with Gasteiger partial charge in [-0.3, -0.25) is 5.32 Å². The molecule has 5 rings (SSSR count). The summed E-state index contributed by atoms with van der Waals surface area (Å²) in [6, 6.07) is 9.58. The number of methoxy groups -OCH3 is 1. The molecule has 2 N–H and O–H groups in total. The first-order chi connectivity index (χ1) is 17.1. The average molecular weight is 493 g/mol. The average Bonchev–Trinajstić information content (AvgIpc) is 3.36. The summed E-state index contributed by atoms with van der Waals surface area (Å²) in [5.41, 5.74) is 1.90. The number of amides is 1. The van der Waals surface area contributed by atoms with Gasteiger partial charge in [0.05, 0.1) is 18.7 Å². The van der Waals surface area contributed by atoms with Gasteiger partial charge in [-0.25, -0.2) is 19.7 Å². The first-order valence-corrected chi connectivity index (χ1v) is 11.7. The molecule has 1 unspecified atom stereocenters. The Hall–Kier alpha value is -3.85. The molecule has 1 aliphatic heterocycles. The van der Waals surface area contributed by atoms with Gasteiger partial charge < -0.3 is 19.4 Å². The van der Waals surface area contributed by atoms with Gasteiger partial charge in [-0.2, -0.15) is 0 Å². The number of nitrogens with zero attached hydrogens (tertiary/aromatic N) is 4. The number of benzene rings is 1. The number of hydrogen-bond acceptors (Lipinski definition) is 7. The van der Waals surface area contributed by atoms with E-state index in [1.807, 2.05) is 48.9 Å². The maximum atomic E-state index is 11.6. The number of carbonyl (C=O) groups is 1. The lowest BCUT2D eigenvalue weighted by Gasteiger charge is -2.23. The van der Waals surface area contributed by atoms with Crippen molar-refractivity contribution in [1.29, 1.82) is 0 Å². The normalized spacial score (nSPS) is 14.9. The Morgan fingerprint density at radius 2 is 2.09 bits per heavy atom. The summed E-state index contributed by atoms with van der Waals surface area (Å²) in [5.74, 6) is 2.59. The maximum absolute atomic E-state index is 11.6. The van der Waals surface area contributed by atoms with E-state index in [1.165, 1.54) is 13.3 Å². The fraction of sp³-hybridized carbons (Fsp3) is 0.280. The third-order valence-corrected chi connectivity index (χ3v) is 6.36. The van der Waals surface area contributed by atoms with Crippen LogP contribution in [-0.4, -0.2) is 39.3 Å². The minimum Gasteiger partial charge on any atom is -0.477 e. The third-order valence-electron chi connectivity index (χ3n) is 6.06. The minimum absolute atomic E-state index is 0.390. The van der Waals surface area contributed by atoms with E-state index in [9.17, 15) is 4.79 Å². The van der Waals surface area contributed by atoms with E-state index < -0.39 is 6.09 Å². The molecular formula is C25H25ClN6O3. The molecule has 1 amide bonds. The summed E-state index contributed by atoms with van der Waals surface area (Å²) in [7, 11) is 1.30. The highest BCUT2D eigenvalue weighted by atomic mass is 35.5. The number of imidazole rings is 1. The van der Waals surface area contributed by atoms with Gasteiger partial charge in [-0.15, -0.1) is 0 Å². The van der Waals surface area contributed by atoms with Crippen LogP contribution in [0.2, 0.25) is 5.02 Å². The zero-order valence-electron chi connectivity index (χ0n) is 19.2. The van der Waals surface area contributed by atoms with Gasteiger partial charge in [0.1, 0.15) is 11.6 Å². The molecule has 1 atom stereocenters. The molecule has 0 radical (unpaired) electrons. The van der Waals surface area contributed by atoms with Gasteiger partial charge in [0.25, 0.3) is 0 Å². The summed E-state index contributed by atoms with van der Waals surface area (Å²) in [5, 5.41) is 7.96. The molecule has 3 aromatic heterocycles. The second kappa shape index (κ2) is 10.2. The van der Waals surface area contributed by atoms with Gasteiger partial charge in [-0.05, 0) is 30.2 Å². The maximum Gasteiger partial charge on any atom is 0.412 e. The van der Waals surface area contributed by atoms with E-state index in [0.29, 0.717) is 35.8 Å². The van der Waals surface area contributed by atoms with E-state index in [0.717, 1.165) is 47.2 Å². The Balaban J connectivity index is 1.18. The Labute approximate surface area is 207 Å². The highest BCUT2D eigenvalue weighted by Crippen LogP contribution is 2.30. The minimum atomic E-state index is -0.589. The van der Waals surface area contributed by atoms with Crippen molar-refractivity contribution < 1.29 is 14.3 Å². The molecule has 180 valence electrons. The Morgan fingerprint density at radius 3 is 2.91 bits per heavy atom. The molecule has 0 bridgehead atoms. The lowest BCUT2D eigenvalue weighted by molar-refractivity contribution is 0.187. The number of halogens is 1. The van der Waals surface area contributed by atoms with Crippen molar-refractivity contribution in [2.75, 3.05) is 24.4 Å². The number of carbonyl (C=O) groups excluding carboxylic acids is 1. The van der Waals surface area contributed by atoms with Crippen LogP contribution in [0.25, 0.3) is 10.8 Å². The second-order valence-corrected chi connectivity index (χ2v) is 8.80. The van der Waals surface area contributed by atoms with Crippen LogP contribution in [0, 0.1) is 5.92 Å². The van der Waals surface area contributed by atoms with Gasteiger partial charge >= 0.3 is 6.09 Å². The summed E-state index contributed by atoms with van der Waals surface area (Å²) in [4.78, 5) is 24.6. The summed E-state index contributed by atoms with van der Waals surface area (Å²) >= 11 is 6.35. The SMILES string of the molecule is COC(=O)Nc1ncc(Cl)c2cc(NCc3ccc(OCC4CCn5ccnc5C4)nc3)ccc12. The number of rotatable bonds is 7. The van der Waals surface area contributed by atoms with Gasteiger partial charge in [-0.1, -0.05) is 17.7 Å². The molecular weight excluding hydrogens is 468 g/mol. The first kappa shape index (κ1) is 22.9. The van der Waals surface area contributed by atoms with Crippen molar-refractivity contribution in [3.8, 4) is 5.88 Å². The Kier molecular flexibility index (Phi) is 6.67. The van der Waals surface area contributed by atoms with Crippen LogP contribution in [0.5, 0.6) is 5.88 Å². The highest BCUT2D eigenvalue weighted by Gasteiger charge is 2.19. The monoisotopic (exact) mass is 492 g/mol. The first-order valence-electron chi connectivity index (χ1n) is 11.3. The van der Waals surface area contributed by atoms with E-state index in [2.05, 4.69) is 34.9 Å². The van der Waals surface area contributed by atoms with Crippen LogP contribution in [-0.2, 0) is 24.2 Å².